The van der Waals surface area contributed by atoms with Gasteiger partial charge < -0.3 is 9.80 Å². The van der Waals surface area contributed by atoms with Gasteiger partial charge in [0.25, 0.3) is 0 Å². The van der Waals surface area contributed by atoms with E-state index in [0.29, 0.717) is 32.6 Å². The number of para-hydroxylation sites is 1. The van der Waals surface area contributed by atoms with Gasteiger partial charge in [0.1, 0.15) is 5.92 Å². The average molecular weight is 326 g/mol. The number of anilines is 1. The van der Waals surface area contributed by atoms with E-state index in [1.807, 2.05) is 49.5 Å². The maximum atomic E-state index is 12.8. The third-order valence-corrected chi connectivity index (χ3v) is 4.42. The lowest BCUT2D eigenvalue weighted by Crippen LogP contribution is -2.41. The molecule has 0 aliphatic carbocycles. The SMILES string of the molecule is CCN(CCn1cccn1)C(=O)[C@@H]1CCN(c2ccccc2)C1=O. The molecule has 0 bridgehead atoms. The van der Waals surface area contributed by atoms with Crippen molar-refractivity contribution < 1.29 is 9.59 Å². The molecule has 24 heavy (non-hydrogen) atoms. The smallest absolute Gasteiger partial charge is 0.239 e. The van der Waals surface area contributed by atoms with E-state index >= 15 is 0 Å². The molecule has 126 valence electrons. The molecule has 6 nitrogen and oxygen atoms in total. The van der Waals surface area contributed by atoms with Crippen LogP contribution in [0.3, 0.4) is 0 Å². The molecule has 1 aliphatic rings. The summed E-state index contributed by atoms with van der Waals surface area (Å²) in [6.07, 6.45) is 4.16. The van der Waals surface area contributed by atoms with Crippen molar-refractivity contribution in [1.82, 2.24) is 14.7 Å². The van der Waals surface area contributed by atoms with Crippen molar-refractivity contribution in [3.8, 4) is 0 Å². The van der Waals surface area contributed by atoms with Gasteiger partial charge in [-0.15, -0.1) is 0 Å². The molecule has 0 unspecified atom stereocenters. The van der Waals surface area contributed by atoms with Gasteiger partial charge >= 0.3 is 0 Å². The van der Waals surface area contributed by atoms with Crippen LogP contribution < -0.4 is 4.90 Å². The van der Waals surface area contributed by atoms with E-state index in [2.05, 4.69) is 5.10 Å². The molecule has 3 rings (SSSR count). The quantitative estimate of drug-likeness (QED) is 0.761. The standard InChI is InChI=1S/C18H22N4O2/c1-2-20(13-14-21-11-6-10-19-21)17(23)16-9-12-22(18(16)24)15-7-4-3-5-8-15/h3-8,10-11,16H,2,9,12-14H2,1H3/t16-/m0/s1. The van der Waals surface area contributed by atoms with Crippen LogP contribution in [-0.2, 0) is 16.1 Å². The van der Waals surface area contributed by atoms with E-state index in [1.165, 1.54) is 0 Å². The average Bonchev–Trinajstić information content (AvgIpc) is 3.25. The van der Waals surface area contributed by atoms with Crippen LogP contribution in [0.1, 0.15) is 13.3 Å². The Kier molecular flexibility index (Phi) is 4.93. The van der Waals surface area contributed by atoms with Gasteiger partial charge in [0, 0.05) is 37.7 Å². The van der Waals surface area contributed by atoms with E-state index in [1.54, 1.807) is 20.7 Å². The first-order valence-corrected chi connectivity index (χ1v) is 8.33. The van der Waals surface area contributed by atoms with Crippen molar-refractivity contribution in [2.24, 2.45) is 5.92 Å². The predicted molar refractivity (Wildman–Crippen MR) is 91.4 cm³/mol. The van der Waals surface area contributed by atoms with Crippen LogP contribution in [-0.4, -0.2) is 46.1 Å². The maximum absolute atomic E-state index is 12.8. The minimum Gasteiger partial charge on any atom is -0.340 e. The molecule has 2 aromatic rings. The van der Waals surface area contributed by atoms with Gasteiger partial charge in [-0.2, -0.15) is 5.10 Å². The molecule has 6 heteroatoms. The molecule has 2 heterocycles. The zero-order chi connectivity index (χ0) is 16.9. The van der Waals surface area contributed by atoms with Crippen molar-refractivity contribution in [3.63, 3.8) is 0 Å². The first kappa shape index (κ1) is 16.2. The van der Waals surface area contributed by atoms with Crippen molar-refractivity contribution >= 4 is 17.5 Å². The van der Waals surface area contributed by atoms with Crippen LogP contribution in [0.2, 0.25) is 0 Å². The molecule has 1 aliphatic heterocycles. The molecule has 1 saturated heterocycles. The molecule has 1 aromatic heterocycles. The molecule has 0 radical (unpaired) electrons. The zero-order valence-corrected chi connectivity index (χ0v) is 13.8. The van der Waals surface area contributed by atoms with E-state index in [-0.39, 0.29) is 11.8 Å². The largest absolute Gasteiger partial charge is 0.340 e. The minimum atomic E-state index is -0.567. The van der Waals surface area contributed by atoms with Crippen LogP contribution >= 0.6 is 0 Å². The van der Waals surface area contributed by atoms with Crippen LogP contribution in [0.15, 0.2) is 48.8 Å². The Labute approximate surface area is 141 Å². The highest BCUT2D eigenvalue weighted by atomic mass is 16.2. The highest BCUT2D eigenvalue weighted by Gasteiger charge is 2.39. The second kappa shape index (κ2) is 7.29. The fourth-order valence-electron chi connectivity index (χ4n) is 3.07. The van der Waals surface area contributed by atoms with Gasteiger partial charge in [-0.25, -0.2) is 0 Å². The summed E-state index contributed by atoms with van der Waals surface area (Å²) in [5, 5.41) is 4.15. The lowest BCUT2D eigenvalue weighted by Gasteiger charge is -2.24. The van der Waals surface area contributed by atoms with Crippen molar-refractivity contribution in [2.75, 3.05) is 24.5 Å². The van der Waals surface area contributed by atoms with Gasteiger partial charge in [-0.05, 0) is 31.5 Å². The Balaban J connectivity index is 1.64. The number of aromatic nitrogens is 2. The number of likely N-dealkylation sites (N-methyl/N-ethyl adjacent to an activating group) is 1. The lowest BCUT2D eigenvalue weighted by atomic mass is 10.1. The van der Waals surface area contributed by atoms with Gasteiger partial charge in [-0.3, -0.25) is 14.3 Å². The van der Waals surface area contributed by atoms with E-state index in [4.69, 9.17) is 0 Å². The Morgan fingerprint density at radius 3 is 2.75 bits per heavy atom. The molecule has 1 atom stereocenters. The van der Waals surface area contributed by atoms with Crippen LogP contribution in [0.25, 0.3) is 0 Å². The summed E-state index contributed by atoms with van der Waals surface area (Å²) >= 11 is 0. The van der Waals surface area contributed by atoms with Crippen molar-refractivity contribution in [2.45, 2.75) is 19.9 Å². The maximum Gasteiger partial charge on any atom is 0.239 e. The van der Waals surface area contributed by atoms with Crippen LogP contribution in [0.4, 0.5) is 5.69 Å². The summed E-state index contributed by atoms with van der Waals surface area (Å²) in [4.78, 5) is 28.9. The highest BCUT2D eigenvalue weighted by Crippen LogP contribution is 2.26. The van der Waals surface area contributed by atoms with Gasteiger partial charge in [0.15, 0.2) is 0 Å². The highest BCUT2D eigenvalue weighted by molar-refractivity contribution is 6.09. The molecular formula is C18H22N4O2. The Bertz CT molecular complexity index is 684. The molecule has 0 saturated carbocycles. The molecule has 1 aromatic carbocycles. The van der Waals surface area contributed by atoms with Crippen molar-refractivity contribution in [3.05, 3.63) is 48.8 Å². The van der Waals surface area contributed by atoms with Gasteiger partial charge in [0.05, 0.1) is 6.54 Å². The fraction of sp³-hybridized carbons (Fsp3) is 0.389. The van der Waals surface area contributed by atoms with Crippen molar-refractivity contribution in [1.29, 1.82) is 0 Å². The number of hydrogen-bond donors (Lipinski definition) is 0. The number of hydrogen-bond acceptors (Lipinski definition) is 3. The number of rotatable bonds is 6. The van der Waals surface area contributed by atoms with Crippen LogP contribution in [0.5, 0.6) is 0 Å². The second-order valence-corrected chi connectivity index (χ2v) is 5.85. The third-order valence-electron chi connectivity index (χ3n) is 4.42. The predicted octanol–water partition coefficient (Wildman–Crippen LogP) is 1.78. The summed E-state index contributed by atoms with van der Waals surface area (Å²) in [7, 11) is 0. The summed E-state index contributed by atoms with van der Waals surface area (Å²) in [5.41, 5.74) is 0.859. The molecular weight excluding hydrogens is 304 g/mol. The fourth-order valence-corrected chi connectivity index (χ4v) is 3.07. The first-order chi connectivity index (χ1) is 11.7. The molecule has 0 N–H and O–H groups in total. The monoisotopic (exact) mass is 326 g/mol. The van der Waals surface area contributed by atoms with E-state index in [0.717, 1.165) is 5.69 Å². The summed E-state index contributed by atoms with van der Waals surface area (Å²) in [5.74, 6) is -0.736. The van der Waals surface area contributed by atoms with Gasteiger partial charge in [-0.1, -0.05) is 18.2 Å². The number of nitrogens with zero attached hydrogens (tertiary/aromatic N) is 4. The Morgan fingerprint density at radius 2 is 2.08 bits per heavy atom. The zero-order valence-electron chi connectivity index (χ0n) is 13.8. The van der Waals surface area contributed by atoms with Gasteiger partial charge in [0.2, 0.25) is 11.8 Å². The molecule has 1 fully saturated rings. The van der Waals surface area contributed by atoms with Crippen LogP contribution in [0, 0.1) is 5.92 Å². The topological polar surface area (TPSA) is 58.4 Å². The third kappa shape index (κ3) is 3.32. The lowest BCUT2D eigenvalue weighted by molar-refractivity contribution is -0.139. The Hall–Kier alpha value is -2.63. The van der Waals surface area contributed by atoms with E-state index < -0.39 is 5.92 Å². The molecule has 0 spiro atoms. The Morgan fingerprint density at radius 1 is 1.29 bits per heavy atom. The normalized spacial score (nSPS) is 17.3. The number of carbonyl (C=O) groups excluding carboxylic acids is 2. The number of carbonyl (C=O) groups is 2. The summed E-state index contributed by atoms with van der Waals surface area (Å²) in [6.45, 7) is 4.32. The van der Waals surface area contributed by atoms with E-state index in [9.17, 15) is 9.59 Å². The number of benzene rings is 1. The summed E-state index contributed by atoms with van der Waals surface area (Å²) in [6, 6.07) is 11.4. The number of amides is 2. The minimum absolute atomic E-state index is 0.0758. The molecule has 2 amide bonds. The first-order valence-electron chi connectivity index (χ1n) is 8.33. The summed E-state index contributed by atoms with van der Waals surface area (Å²) < 4.78 is 1.79. The second-order valence-electron chi connectivity index (χ2n) is 5.85.